The minimum absolute atomic E-state index is 0.0201. The van der Waals surface area contributed by atoms with Crippen molar-refractivity contribution in [2.24, 2.45) is 0 Å². The lowest BCUT2D eigenvalue weighted by Gasteiger charge is -2.29. The average molecular weight is 376 g/mol. The summed E-state index contributed by atoms with van der Waals surface area (Å²) in [5.74, 6) is 0.911. The van der Waals surface area contributed by atoms with E-state index in [1.54, 1.807) is 18.1 Å². The predicted molar refractivity (Wildman–Crippen MR) is 103 cm³/mol. The third-order valence-corrected chi connectivity index (χ3v) is 5.17. The second-order valence-corrected chi connectivity index (χ2v) is 7.14. The number of nitrogens with one attached hydrogen (secondary N) is 3. The van der Waals surface area contributed by atoms with Crippen molar-refractivity contribution < 1.29 is 19.3 Å². The van der Waals surface area contributed by atoms with Gasteiger partial charge in [-0.15, -0.1) is 0 Å². The number of ether oxygens (including phenoxy) is 1. The van der Waals surface area contributed by atoms with Gasteiger partial charge in [-0.1, -0.05) is 23.7 Å². The number of carbonyl (C=O) groups is 1. The van der Waals surface area contributed by atoms with Crippen LogP contribution in [0.25, 0.3) is 0 Å². The van der Waals surface area contributed by atoms with Crippen LogP contribution in [0.15, 0.2) is 48.5 Å². The molecule has 0 spiro atoms. The molecule has 0 saturated carbocycles. The molecule has 0 aliphatic carbocycles. The van der Waals surface area contributed by atoms with E-state index in [4.69, 9.17) is 16.3 Å². The van der Waals surface area contributed by atoms with Gasteiger partial charge in [-0.3, -0.25) is 4.79 Å². The first-order valence-corrected chi connectivity index (χ1v) is 9.36. The quantitative estimate of drug-likeness (QED) is 0.679. The Hall–Kier alpha value is -2.08. The molecule has 5 nitrogen and oxygen atoms in total. The third kappa shape index (κ3) is 5.21. The molecule has 1 saturated heterocycles. The van der Waals surface area contributed by atoms with Gasteiger partial charge in [0.15, 0.2) is 6.54 Å². The number of hydrogen-bond acceptors (Lipinski definition) is 2. The maximum atomic E-state index is 12.3. The molecule has 1 aliphatic rings. The molecule has 1 amide bonds. The summed E-state index contributed by atoms with van der Waals surface area (Å²) in [4.78, 5) is 15.1. The van der Waals surface area contributed by atoms with Gasteiger partial charge in [-0.25, -0.2) is 0 Å². The SMILES string of the molecule is COc1ccc(C[NH+]2CC[NH+](CC(=O)Nc3ccccc3Cl)CC2)cc1. The summed E-state index contributed by atoms with van der Waals surface area (Å²) in [6.45, 7) is 5.65. The number of benzene rings is 2. The number of quaternary nitrogens is 2. The normalized spacial score (nSPS) is 19.8. The third-order valence-electron chi connectivity index (χ3n) is 4.84. The Bertz CT molecular complexity index is 728. The topological polar surface area (TPSA) is 47.2 Å². The highest BCUT2D eigenvalue weighted by molar-refractivity contribution is 6.33. The minimum atomic E-state index is 0.0201. The molecule has 0 unspecified atom stereocenters. The largest absolute Gasteiger partial charge is 0.497 e. The zero-order valence-electron chi connectivity index (χ0n) is 15.1. The van der Waals surface area contributed by atoms with Gasteiger partial charge in [0.25, 0.3) is 5.91 Å². The molecule has 138 valence electrons. The summed E-state index contributed by atoms with van der Waals surface area (Å²) in [6.07, 6.45) is 0. The van der Waals surface area contributed by atoms with E-state index in [0.29, 0.717) is 17.3 Å². The molecule has 1 aliphatic heterocycles. The molecule has 2 aromatic rings. The number of rotatable bonds is 6. The van der Waals surface area contributed by atoms with E-state index in [1.165, 1.54) is 10.5 Å². The van der Waals surface area contributed by atoms with Crippen LogP contribution in [-0.2, 0) is 11.3 Å². The van der Waals surface area contributed by atoms with Crippen molar-refractivity contribution in [1.29, 1.82) is 0 Å². The van der Waals surface area contributed by atoms with Gasteiger partial charge in [0.05, 0.1) is 17.8 Å². The van der Waals surface area contributed by atoms with E-state index in [9.17, 15) is 4.79 Å². The van der Waals surface area contributed by atoms with Crippen molar-refractivity contribution in [3.63, 3.8) is 0 Å². The van der Waals surface area contributed by atoms with Crippen LogP contribution in [0.2, 0.25) is 5.02 Å². The fraction of sp³-hybridized carbons (Fsp3) is 0.350. The van der Waals surface area contributed by atoms with E-state index in [1.807, 2.05) is 30.3 Å². The Balaban J connectivity index is 1.43. The number of anilines is 1. The number of carbonyl (C=O) groups excluding carboxylic acids is 1. The molecule has 2 aromatic carbocycles. The van der Waals surface area contributed by atoms with Crippen LogP contribution in [0.1, 0.15) is 5.56 Å². The van der Waals surface area contributed by atoms with Crippen LogP contribution in [-0.4, -0.2) is 45.7 Å². The lowest BCUT2D eigenvalue weighted by molar-refractivity contribution is -1.02. The lowest BCUT2D eigenvalue weighted by Crippen LogP contribution is -3.28. The number of halogens is 1. The molecule has 0 bridgehead atoms. The minimum Gasteiger partial charge on any atom is -0.497 e. The van der Waals surface area contributed by atoms with Gasteiger partial charge in [-0.05, 0) is 36.4 Å². The first-order valence-electron chi connectivity index (χ1n) is 8.98. The van der Waals surface area contributed by atoms with Crippen molar-refractivity contribution in [1.82, 2.24) is 0 Å². The Morgan fingerprint density at radius 2 is 1.69 bits per heavy atom. The molecular weight excluding hydrogens is 350 g/mol. The second kappa shape index (κ2) is 9.03. The summed E-state index contributed by atoms with van der Waals surface area (Å²) in [5.41, 5.74) is 2.00. The molecule has 0 radical (unpaired) electrons. The molecule has 6 heteroatoms. The van der Waals surface area contributed by atoms with Crippen molar-refractivity contribution in [3.8, 4) is 5.75 Å². The highest BCUT2D eigenvalue weighted by Crippen LogP contribution is 2.19. The van der Waals surface area contributed by atoms with Gasteiger partial charge < -0.3 is 19.9 Å². The van der Waals surface area contributed by atoms with Crippen molar-refractivity contribution in [2.45, 2.75) is 6.54 Å². The molecule has 3 N–H and O–H groups in total. The smallest absolute Gasteiger partial charge is 0.279 e. The monoisotopic (exact) mass is 375 g/mol. The lowest BCUT2D eigenvalue weighted by atomic mass is 10.2. The number of piperazine rings is 1. The van der Waals surface area contributed by atoms with Crippen LogP contribution in [0.3, 0.4) is 0 Å². The Kier molecular flexibility index (Phi) is 6.50. The zero-order chi connectivity index (χ0) is 18.4. The van der Waals surface area contributed by atoms with E-state index >= 15 is 0 Å². The van der Waals surface area contributed by atoms with Crippen LogP contribution in [0.5, 0.6) is 5.75 Å². The Morgan fingerprint density at radius 3 is 2.35 bits per heavy atom. The van der Waals surface area contributed by atoms with Crippen LogP contribution in [0, 0.1) is 0 Å². The van der Waals surface area contributed by atoms with Gasteiger partial charge in [0.2, 0.25) is 0 Å². The molecule has 1 fully saturated rings. The van der Waals surface area contributed by atoms with Gasteiger partial charge in [-0.2, -0.15) is 0 Å². The Morgan fingerprint density at radius 1 is 1.04 bits per heavy atom. The second-order valence-electron chi connectivity index (χ2n) is 6.73. The van der Waals surface area contributed by atoms with E-state index < -0.39 is 0 Å². The summed E-state index contributed by atoms with van der Waals surface area (Å²) < 4.78 is 5.20. The Labute approximate surface area is 159 Å². The molecular formula is C20H26ClN3O2+2. The summed E-state index contributed by atoms with van der Waals surface area (Å²) in [6, 6.07) is 15.6. The summed E-state index contributed by atoms with van der Waals surface area (Å²) in [5, 5.41) is 3.48. The number of hydrogen-bond donors (Lipinski definition) is 3. The maximum absolute atomic E-state index is 12.3. The van der Waals surface area contributed by atoms with Gasteiger partial charge in [0, 0.05) is 5.56 Å². The molecule has 0 aromatic heterocycles. The molecule has 3 rings (SSSR count). The molecule has 26 heavy (non-hydrogen) atoms. The average Bonchev–Trinajstić information content (AvgIpc) is 2.66. The number of amides is 1. The van der Waals surface area contributed by atoms with Gasteiger partial charge >= 0.3 is 0 Å². The fourth-order valence-corrected chi connectivity index (χ4v) is 3.51. The van der Waals surface area contributed by atoms with Gasteiger partial charge in [0.1, 0.15) is 38.5 Å². The first kappa shape index (κ1) is 18.7. The maximum Gasteiger partial charge on any atom is 0.279 e. The van der Waals surface area contributed by atoms with Crippen LogP contribution in [0.4, 0.5) is 5.69 Å². The van der Waals surface area contributed by atoms with E-state index in [0.717, 1.165) is 38.5 Å². The van der Waals surface area contributed by atoms with Crippen molar-refractivity contribution in [2.75, 3.05) is 45.2 Å². The number of para-hydroxylation sites is 1. The van der Waals surface area contributed by atoms with E-state index in [2.05, 4.69) is 17.4 Å². The summed E-state index contributed by atoms with van der Waals surface area (Å²) >= 11 is 6.09. The predicted octanol–water partition coefficient (Wildman–Crippen LogP) is 0.271. The standard InChI is InChI=1S/C20H24ClN3O2/c1-26-17-8-6-16(7-9-17)14-23-10-12-24(13-11-23)15-20(25)22-19-5-3-2-4-18(19)21/h2-9H,10-15H2,1H3,(H,22,25)/p+2. The molecule has 0 atom stereocenters. The van der Waals surface area contributed by atoms with E-state index in [-0.39, 0.29) is 5.91 Å². The number of methoxy groups -OCH3 is 1. The van der Waals surface area contributed by atoms with Crippen molar-refractivity contribution >= 4 is 23.2 Å². The van der Waals surface area contributed by atoms with Crippen LogP contribution < -0.4 is 19.9 Å². The van der Waals surface area contributed by atoms with Crippen molar-refractivity contribution in [3.05, 3.63) is 59.1 Å². The summed E-state index contributed by atoms with van der Waals surface area (Å²) in [7, 11) is 1.68. The zero-order valence-corrected chi connectivity index (χ0v) is 15.8. The highest BCUT2D eigenvalue weighted by Gasteiger charge is 2.25. The molecule has 1 heterocycles. The highest BCUT2D eigenvalue weighted by atomic mass is 35.5. The van der Waals surface area contributed by atoms with Crippen LogP contribution >= 0.6 is 11.6 Å². The first-order chi connectivity index (χ1) is 12.6. The fourth-order valence-electron chi connectivity index (χ4n) is 3.33.